The van der Waals surface area contributed by atoms with Crippen LogP contribution in [0.5, 0.6) is 0 Å². The lowest BCUT2D eigenvalue weighted by atomic mass is 9.98. The Labute approximate surface area is 128 Å². The predicted molar refractivity (Wildman–Crippen MR) is 86.5 cm³/mol. The summed E-state index contributed by atoms with van der Waals surface area (Å²) in [7, 11) is 0. The van der Waals surface area contributed by atoms with Crippen molar-refractivity contribution in [2.24, 2.45) is 0 Å². The van der Waals surface area contributed by atoms with Crippen LogP contribution in [-0.2, 0) is 6.54 Å². The average Bonchev–Trinajstić information content (AvgIpc) is 2.58. The van der Waals surface area contributed by atoms with E-state index in [0.717, 1.165) is 16.7 Å². The third-order valence-electron chi connectivity index (χ3n) is 3.47. The largest absolute Gasteiger partial charge is 0.394 e. The van der Waals surface area contributed by atoms with Gasteiger partial charge in [-0.3, -0.25) is 4.79 Å². The summed E-state index contributed by atoms with van der Waals surface area (Å²) in [5.41, 5.74) is 3.62. The summed E-state index contributed by atoms with van der Waals surface area (Å²) in [6.07, 6.45) is 0. The Morgan fingerprint density at radius 2 is 1.55 bits per heavy atom. The fourth-order valence-corrected chi connectivity index (χ4v) is 2.42. The first-order chi connectivity index (χ1) is 10.8. The minimum Gasteiger partial charge on any atom is -0.394 e. The van der Waals surface area contributed by atoms with Crippen molar-refractivity contribution < 1.29 is 5.11 Å². The molecule has 0 aliphatic rings. The molecule has 1 N–H and O–H groups in total. The van der Waals surface area contributed by atoms with Crippen molar-refractivity contribution in [1.29, 1.82) is 0 Å². The topological polar surface area (TPSA) is 55.1 Å². The van der Waals surface area contributed by atoms with Crippen LogP contribution < -0.4 is 5.56 Å². The average molecular weight is 292 g/mol. The number of aliphatic hydroxyl groups is 1. The summed E-state index contributed by atoms with van der Waals surface area (Å²) in [6, 6.07) is 21.2. The molecule has 0 amide bonds. The molecule has 22 heavy (non-hydrogen) atoms. The van der Waals surface area contributed by atoms with E-state index in [9.17, 15) is 4.79 Å². The van der Waals surface area contributed by atoms with E-state index in [1.165, 1.54) is 10.7 Å². The van der Waals surface area contributed by atoms with Gasteiger partial charge in [0.1, 0.15) is 0 Å². The molecule has 0 radical (unpaired) electrons. The van der Waals surface area contributed by atoms with Crippen molar-refractivity contribution in [3.05, 3.63) is 77.1 Å². The van der Waals surface area contributed by atoms with E-state index in [0.29, 0.717) is 5.69 Å². The van der Waals surface area contributed by atoms with Crippen LogP contribution in [0, 0.1) is 0 Å². The maximum Gasteiger partial charge on any atom is 0.266 e. The Balaban J connectivity index is 2.14. The van der Waals surface area contributed by atoms with Gasteiger partial charge in [0.2, 0.25) is 0 Å². The van der Waals surface area contributed by atoms with E-state index in [1.807, 2.05) is 54.6 Å². The number of hydrogen-bond acceptors (Lipinski definition) is 3. The SMILES string of the molecule is O=c1ccc(-c2ccccc2-c2ccccc2)nn1CCO. The fourth-order valence-electron chi connectivity index (χ4n) is 2.42. The van der Waals surface area contributed by atoms with Gasteiger partial charge < -0.3 is 5.11 Å². The molecule has 1 aromatic heterocycles. The number of nitrogens with zero attached hydrogens (tertiary/aromatic N) is 2. The Morgan fingerprint density at radius 1 is 0.864 bits per heavy atom. The van der Waals surface area contributed by atoms with Crippen molar-refractivity contribution >= 4 is 0 Å². The molecule has 4 heteroatoms. The van der Waals surface area contributed by atoms with E-state index < -0.39 is 0 Å². The van der Waals surface area contributed by atoms with Gasteiger partial charge in [0.15, 0.2) is 0 Å². The highest BCUT2D eigenvalue weighted by Crippen LogP contribution is 2.30. The lowest BCUT2D eigenvalue weighted by Gasteiger charge is -2.10. The van der Waals surface area contributed by atoms with Crippen LogP contribution in [0.4, 0.5) is 0 Å². The molecule has 0 aliphatic heterocycles. The Hall–Kier alpha value is -2.72. The molecular formula is C18H16N2O2. The molecule has 110 valence electrons. The summed E-state index contributed by atoms with van der Waals surface area (Å²) in [5.74, 6) is 0. The summed E-state index contributed by atoms with van der Waals surface area (Å²) in [4.78, 5) is 11.7. The number of rotatable bonds is 4. The molecule has 0 bridgehead atoms. The second-order valence-electron chi connectivity index (χ2n) is 4.92. The summed E-state index contributed by atoms with van der Waals surface area (Å²) >= 11 is 0. The van der Waals surface area contributed by atoms with Gasteiger partial charge in [0, 0.05) is 11.6 Å². The lowest BCUT2D eigenvalue weighted by Crippen LogP contribution is -2.23. The highest BCUT2D eigenvalue weighted by molar-refractivity contribution is 5.81. The molecule has 1 heterocycles. The highest BCUT2D eigenvalue weighted by atomic mass is 16.3. The maximum absolute atomic E-state index is 11.7. The quantitative estimate of drug-likeness (QED) is 0.804. The van der Waals surface area contributed by atoms with E-state index in [2.05, 4.69) is 5.10 Å². The zero-order chi connectivity index (χ0) is 15.4. The summed E-state index contributed by atoms with van der Waals surface area (Å²) < 4.78 is 1.29. The van der Waals surface area contributed by atoms with Crippen LogP contribution in [-0.4, -0.2) is 21.5 Å². The molecule has 0 atom stereocenters. The number of hydrogen-bond donors (Lipinski definition) is 1. The monoisotopic (exact) mass is 292 g/mol. The summed E-state index contributed by atoms with van der Waals surface area (Å²) in [5, 5.41) is 13.4. The second-order valence-corrected chi connectivity index (χ2v) is 4.92. The molecule has 0 saturated carbocycles. The first-order valence-corrected chi connectivity index (χ1v) is 7.13. The van der Waals surface area contributed by atoms with Gasteiger partial charge >= 0.3 is 0 Å². The van der Waals surface area contributed by atoms with Crippen molar-refractivity contribution in [1.82, 2.24) is 9.78 Å². The molecule has 2 aromatic carbocycles. The fraction of sp³-hybridized carbons (Fsp3) is 0.111. The smallest absolute Gasteiger partial charge is 0.266 e. The van der Waals surface area contributed by atoms with Gasteiger partial charge in [0.25, 0.3) is 5.56 Å². The third-order valence-corrected chi connectivity index (χ3v) is 3.47. The van der Waals surface area contributed by atoms with Gasteiger partial charge in [0.05, 0.1) is 18.8 Å². The van der Waals surface area contributed by atoms with Gasteiger partial charge in [-0.1, -0.05) is 54.6 Å². The van der Waals surface area contributed by atoms with Gasteiger partial charge in [-0.2, -0.15) is 5.10 Å². The van der Waals surface area contributed by atoms with Crippen LogP contribution in [0.15, 0.2) is 71.5 Å². The van der Waals surface area contributed by atoms with Crippen molar-refractivity contribution in [2.75, 3.05) is 6.61 Å². The number of aromatic nitrogens is 2. The molecule has 3 aromatic rings. The lowest BCUT2D eigenvalue weighted by molar-refractivity contribution is 0.266. The Kier molecular flexibility index (Phi) is 4.12. The molecule has 0 fully saturated rings. The molecule has 0 aliphatic carbocycles. The molecular weight excluding hydrogens is 276 g/mol. The van der Waals surface area contributed by atoms with Crippen LogP contribution in [0.3, 0.4) is 0 Å². The zero-order valence-electron chi connectivity index (χ0n) is 12.0. The minimum atomic E-state index is -0.213. The number of benzene rings is 2. The first kappa shape index (κ1) is 14.2. The molecule has 0 saturated heterocycles. The molecule has 3 rings (SSSR count). The molecule has 4 nitrogen and oxygen atoms in total. The number of aliphatic hydroxyl groups excluding tert-OH is 1. The van der Waals surface area contributed by atoms with Crippen LogP contribution in [0.1, 0.15) is 0 Å². The van der Waals surface area contributed by atoms with Crippen LogP contribution >= 0.6 is 0 Å². The van der Waals surface area contributed by atoms with Gasteiger partial charge in [-0.15, -0.1) is 0 Å². The normalized spacial score (nSPS) is 10.6. The van der Waals surface area contributed by atoms with E-state index in [1.54, 1.807) is 6.07 Å². The van der Waals surface area contributed by atoms with E-state index in [4.69, 9.17) is 5.11 Å². The van der Waals surface area contributed by atoms with E-state index in [-0.39, 0.29) is 18.7 Å². The van der Waals surface area contributed by atoms with Gasteiger partial charge in [-0.25, -0.2) is 4.68 Å². The molecule has 0 spiro atoms. The summed E-state index contributed by atoms with van der Waals surface area (Å²) in [6.45, 7) is 0.0802. The van der Waals surface area contributed by atoms with Gasteiger partial charge in [-0.05, 0) is 17.2 Å². The zero-order valence-corrected chi connectivity index (χ0v) is 12.0. The standard InChI is InChI=1S/C18H16N2O2/c21-13-12-20-18(22)11-10-17(19-20)16-9-5-4-8-15(16)14-6-2-1-3-7-14/h1-11,21H,12-13H2. The van der Waals surface area contributed by atoms with Crippen LogP contribution in [0.2, 0.25) is 0 Å². The third kappa shape index (κ3) is 2.82. The van der Waals surface area contributed by atoms with Crippen LogP contribution in [0.25, 0.3) is 22.4 Å². The molecule has 0 unspecified atom stereocenters. The minimum absolute atomic E-state index is 0.114. The maximum atomic E-state index is 11.7. The predicted octanol–water partition coefficient (Wildman–Crippen LogP) is 2.57. The van der Waals surface area contributed by atoms with Crippen molar-refractivity contribution in [2.45, 2.75) is 6.54 Å². The Bertz CT molecular complexity index is 826. The first-order valence-electron chi connectivity index (χ1n) is 7.13. The second kappa shape index (κ2) is 6.37. The van der Waals surface area contributed by atoms with Crippen molar-refractivity contribution in [3.63, 3.8) is 0 Å². The van der Waals surface area contributed by atoms with E-state index >= 15 is 0 Å². The Morgan fingerprint density at radius 3 is 2.27 bits per heavy atom. The highest BCUT2D eigenvalue weighted by Gasteiger charge is 2.09. The van der Waals surface area contributed by atoms with Crippen molar-refractivity contribution in [3.8, 4) is 22.4 Å².